The number of hydrogen-bond donors (Lipinski definition) is 2. The van der Waals surface area contributed by atoms with Gasteiger partial charge in [-0.2, -0.15) is 0 Å². The number of esters is 2. The smallest absolute Gasteiger partial charge is 0.310 e. The van der Waals surface area contributed by atoms with Gasteiger partial charge < -0.3 is 24.1 Å². The van der Waals surface area contributed by atoms with E-state index in [-0.39, 0.29) is 24.3 Å². The number of aliphatic hydroxyl groups is 2. The molecule has 1 saturated heterocycles. The monoisotopic (exact) mass is 392 g/mol. The first-order valence-corrected chi connectivity index (χ1v) is 9.89. The highest BCUT2D eigenvalue weighted by Gasteiger charge is 2.66. The van der Waals surface area contributed by atoms with E-state index in [0.29, 0.717) is 19.3 Å². The summed E-state index contributed by atoms with van der Waals surface area (Å²) in [6.07, 6.45) is 2.40. The Morgan fingerprint density at radius 2 is 2.04 bits per heavy atom. The van der Waals surface area contributed by atoms with Gasteiger partial charge in [0.25, 0.3) is 0 Å². The van der Waals surface area contributed by atoms with E-state index in [2.05, 4.69) is 0 Å². The lowest BCUT2D eigenvalue weighted by molar-refractivity contribution is -0.236. The van der Waals surface area contributed by atoms with Crippen LogP contribution in [0.1, 0.15) is 51.2 Å². The third-order valence-electron chi connectivity index (χ3n) is 7.77. The van der Waals surface area contributed by atoms with Gasteiger partial charge in [-0.3, -0.25) is 9.59 Å². The van der Waals surface area contributed by atoms with Crippen LogP contribution in [0.3, 0.4) is 0 Å². The molecule has 2 saturated carbocycles. The van der Waals surface area contributed by atoms with E-state index in [9.17, 15) is 19.8 Å². The zero-order valence-corrected chi connectivity index (χ0v) is 16.5. The standard InChI is InChI=1S/C21H28O7/c1-20-6-4-12-19(25)28-15(11-5-7-27-10-11)9-21(12,2)17(20)16(23)14(22)8-13(20)18(24)26-3/h5,7,10,12-17,22-23H,4,6,8-9H2,1-3H3/t12?,13-,14-,15-,16-,17?,20-,21-/m0/s1. The third kappa shape index (κ3) is 2.63. The van der Waals surface area contributed by atoms with Crippen molar-refractivity contribution in [2.45, 2.75) is 57.8 Å². The second-order valence-electron chi connectivity index (χ2n) is 9.14. The summed E-state index contributed by atoms with van der Waals surface area (Å²) >= 11 is 0. The molecule has 7 heteroatoms. The highest BCUT2D eigenvalue weighted by molar-refractivity contribution is 5.76. The van der Waals surface area contributed by atoms with Crippen molar-refractivity contribution in [2.75, 3.05) is 7.11 Å². The van der Waals surface area contributed by atoms with Crippen molar-refractivity contribution in [3.63, 3.8) is 0 Å². The number of ether oxygens (including phenoxy) is 2. The molecule has 0 bridgehead atoms. The molecule has 1 aromatic rings. The number of carbonyl (C=O) groups is 2. The number of cyclic esters (lactones) is 1. The van der Waals surface area contributed by atoms with Gasteiger partial charge in [-0.1, -0.05) is 13.8 Å². The van der Waals surface area contributed by atoms with Crippen LogP contribution in [-0.2, 0) is 19.1 Å². The predicted octanol–water partition coefficient (Wildman–Crippen LogP) is 2.22. The van der Waals surface area contributed by atoms with Crippen LogP contribution in [0.2, 0.25) is 0 Å². The SMILES string of the molecule is COC(=O)[C@@H]1C[C@H](O)[C@H](O)C2[C@@]3(C)C[C@@H](c4ccoc4)OC(=O)C3CC[C@]21C. The molecule has 28 heavy (non-hydrogen) atoms. The van der Waals surface area contributed by atoms with Gasteiger partial charge in [0.15, 0.2) is 0 Å². The highest BCUT2D eigenvalue weighted by Crippen LogP contribution is 2.65. The summed E-state index contributed by atoms with van der Waals surface area (Å²) in [4.78, 5) is 25.4. The van der Waals surface area contributed by atoms with Crippen LogP contribution >= 0.6 is 0 Å². The minimum atomic E-state index is -1.04. The van der Waals surface area contributed by atoms with Crippen LogP contribution in [0.5, 0.6) is 0 Å². The van der Waals surface area contributed by atoms with Crippen molar-refractivity contribution in [1.29, 1.82) is 0 Å². The van der Waals surface area contributed by atoms with Gasteiger partial charge in [0.05, 0.1) is 43.7 Å². The van der Waals surface area contributed by atoms with Crippen molar-refractivity contribution in [1.82, 2.24) is 0 Å². The average molecular weight is 392 g/mol. The van der Waals surface area contributed by atoms with E-state index in [1.807, 2.05) is 13.8 Å². The van der Waals surface area contributed by atoms with Crippen LogP contribution in [0.25, 0.3) is 0 Å². The Balaban J connectivity index is 1.77. The van der Waals surface area contributed by atoms with Crippen molar-refractivity contribution in [2.24, 2.45) is 28.6 Å². The molecular weight excluding hydrogens is 364 g/mol. The number of furan rings is 1. The van der Waals surface area contributed by atoms with Gasteiger partial charge in [0, 0.05) is 5.56 Å². The predicted molar refractivity (Wildman–Crippen MR) is 96.7 cm³/mol. The molecule has 4 rings (SSSR count). The first kappa shape index (κ1) is 19.5. The molecule has 1 aliphatic heterocycles. The van der Waals surface area contributed by atoms with Gasteiger partial charge in [0.1, 0.15) is 6.10 Å². The Bertz CT molecular complexity index is 759. The summed E-state index contributed by atoms with van der Waals surface area (Å²) in [6, 6.07) is 1.77. The van der Waals surface area contributed by atoms with Crippen LogP contribution in [0, 0.1) is 28.6 Å². The Labute approximate surface area is 164 Å². The molecule has 2 unspecified atom stereocenters. The zero-order chi connectivity index (χ0) is 20.3. The average Bonchev–Trinajstić information content (AvgIpc) is 3.18. The molecule has 1 aromatic heterocycles. The van der Waals surface area contributed by atoms with E-state index in [1.54, 1.807) is 12.3 Å². The lowest BCUT2D eigenvalue weighted by Crippen LogP contribution is -2.65. The summed E-state index contributed by atoms with van der Waals surface area (Å²) in [6.45, 7) is 3.98. The molecule has 154 valence electrons. The summed E-state index contributed by atoms with van der Waals surface area (Å²) in [7, 11) is 1.35. The molecule has 3 aliphatic rings. The number of aliphatic hydroxyl groups excluding tert-OH is 2. The Kier molecular flexibility index (Phi) is 4.58. The van der Waals surface area contributed by atoms with Gasteiger partial charge >= 0.3 is 11.9 Å². The fraction of sp³-hybridized carbons (Fsp3) is 0.714. The fourth-order valence-corrected chi connectivity index (χ4v) is 6.43. The van der Waals surface area contributed by atoms with Gasteiger partial charge in [-0.25, -0.2) is 0 Å². The van der Waals surface area contributed by atoms with Gasteiger partial charge in [-0.15, -0.1) is 0 Å². The fourth-order valence-electron chi connectivity index (χ4n) is 6.43. The molecule has 8 atom stereocenters. The third-order valence-corrected chi connectivity index (χ3v) is 7.77. The second-order valence-corrected chi connectivity index (χ2v) is 9.14. The maximum atomic E-state index is 12.9. The summed E-state index contributed by atoms with van der Waals surface area (Å²) in [5.41, 5.74) is -0.428. The van der Waals surface area contributed by atoms with Crippen molar-refractivity contribution >= 4 is 11.9 Å². The van der Waals surface area contributed by atoms with Crippen molar-refractivity contribution < 1.29 is 33.7 Å². The first-order chi connectivity index (χ1) is 13.2. The largest absolute Gasteiger partial charge is 0.472 e. The molecule has 3 fully saturated rings. The minimum absolute atomic E-state index is 0.164. The molecular formula is C21H28O7. The van der Waals surface area contributed by atoms with E-state index in [0.717, 1.165) is 5.56 Å². The zero-order valence-electron chi connectivity index (χ0n) is 16.5. The lowest BCUT2D eigenvalue weighted by atomic mass is 9.42. The molecule has 0 spiro atoms. The molecule has 2 aliphatic carbocycles. The molecule has 2 N–H and O–H groups in total. The van der Waals surface area contributed by atoms with Crippen LogP contribution in [0.15, 0.2) is 23.0 Å². The van der Waals surface area contributed by atoms with Crippen LogP contribution in [-0.4, -0.2) is 41.5 Å². The minimum Gasteiger partial charge on any atom is -0.472 e. The molecule has 0 aromatic carbocycles. The van der Waals surface area contributed by atoms with Crippen molar-refractivity contribution in [3.8, 4) is 0 Å². The summed E-state index contributed by atoms with van der Waals surface area (Å²) < 4.78 is 15.9. The maximum Gasteiger partial charge on any atom is 0.310 e. The van der Waals surface area contributed by atoms with Crippen LogP contribution < -0.4 is 0 Å². The Hall–Kier alpha value is -1.86. The van der Waals surface area contributed by atoms with Crippen molar-refractivity contribution in [3.05, 3.63) is 24.2 Å². The number of carbonyl (C=O) groups excluding carboxylic acids is 2. The van der Waals surface area contributed by atoms with Gasteiger partial charge in [-0.05, 0) is 48.5 Å². The Morgan fingerprint density at radius 1 is 1.29 bits per heavy atom. The molecule has 0 radical (unpaired) electrons. The molecule has 0 amide bonds. The summed E-state index contributed by atoms with van der Waals surface area (Å²) in [5, 5.41) is 21.6. The quantitative estimate of drug-likeness (QED) is 0.743. The number of methoxy groups -OCH3 is 1. The Morgan fingerprint density at radius 3 is 2.68 bits per heavy atom. The molecule has 2 heterocycles. The second kappa shape index (κ2) is 6.59. The number of rotatable bonds is 2. The number of hydrogen-bond acceptors (Lipinski definition) is 7. The first-order valence-electron chi connectivity index (χ1n) is 9.89. The van der Waals surface area contributed by atoms with Gasteiger partial charge in [0.2, 0.25) is 0 Å². The highest BCUT2D eigenvalue weighted by atomic mass is 16.5. The number of fused-ring (bicyclic) bond motifs is 3. The van der Waals surface area contributed by atoms with Crippen LogP contribution in [0.4, 0.5) is 0 Å². The lowest BCUT2D eigenvalue weighted by Gasteiger charge is -2.63. The maximum absolute atomic E-state index is 12.9. The normalized spacial score (nSPS) is 45.5. The van der Waals surface area contributed by atoms with E-state index < -0.39 is 41.0 Å². The topological polar surface area (TPSA) is 106 Å². The summed E-state index contributed by atoms with van der Waals surface area (Å²) in [5.74, 6) is -2.00. The van der Waals surface area contributed by atoms with E-state index >= 15 is 0 Å². The van der Waals surface area contributed by atoms with E-state index in [4.69, 9.17) is 13.9 Å². The molecule has 7 nitrogen and oxygen atoms in total. The van der Waals surface area contributed by atoms with E-state index in [1.165, 1.54) is 13.4 Å².